The molecule has 24 heavy (non-hydrogen) atoms. The summed E-state index contributed by atoms with van der Waals surface area (Å²) in [5.41, 5.74) is 2.50. The highest BCUT2D eigenvalue weighted by molar-refractivity contribution is 5.20. The van der Waals surface area contributed by atoms with Gasteiger partial charge in [-0.05, 0) is 81.9 Å². The van der Waals surface area contributed by atoms with Gasteiger partial charge in [0.1, 0.15) is 0 Å². The van der Waals surface area contributed by atoms with Gasteiger partial charge in [0, 0.05) is 19.2 Å². The van der Waals surface area contributed by atoms with E-state index in [0.29, 0.717) is 5.92 Å². The minimum atomic E-state index is 0.115. The van der Waals surface area contributed by atoms with Crippen molar-refractivity contribution >= 4 is 0 Å². The van der Waals surface area contributed by atoms with E-state index in [1.54, 1.807) is 4.68 Å². The van der Waals surface area contributed by atoms with Crippen LogP contribution >= 0.6 is 0 Å². The predicted octanol–water partition coefficient (Wildman–Crippen LogP) is 3.02. The number of hydrogen-bond donors (Lipinski definition) is 0. The summed E-state index contributed by atoms with van der Waals surface area (Å²) >= 11 is 0. The van der Waals surface area contributed by atoms with E-state index in [9.17, 15) is 4.79 Å². The first-order chi connectivity index (χ1) is 11.8. The van der Waals surface area contributed by atoms with Crippen LogP contribution < -0.4 is 5.56 Å². The third-order valence-electron chi connectivity index (χ3n) is 6.40. The Bertz CT molecular complexity index is 610. The Morgan fingerprint density at radius 3 is 2.42 bits per heavy atom. The normalized spacial score (nSPS) is 23.5. The summed E-state index contributed by atoms with van der Waals surface area (Å²) in [4.78, 5) is 15.0. The van der Waals surface area contributed by atoms with E-state index in [4.69, 9.17) is 5.10 Å². The topological polar surface area (TPSA) is 38.1 Å². The van der Waals surface area contributed by atoms with Crippen LogP contribution in [0.1, 0.15) is 62.6 Å². The standard InChI is InChI=1S/C20H31N3O/c24-20-13-18-7-3-4-8-19(18)21-23(20)15-17-9-11-22(12-10-17)14-16-5-1-2-6-16/h13,16-17H,1-12,14-15H2. The van der Waals surface area contributed by atoms with Crippen molar-refractivity contribution in [3.8, 4) is 0 Å². The molecule has 0 unspecified atom stereocenters. The Hall–Kier alpha value is -1.16. The molecule has 4 heteroatoms. The second-order valence-electron chi connectivity index (χ2n) is 8.24. The molecule has 0 bridgehead atoms. The van der Waals surface area contributed by atoms with Gasteiger partial charge in [-0.15, -0.1) is 0 Å². The molecule has 4 nitrogen and oxygen atoms in total. The smallest absolute Gasteiger partial charge is 0.267 e. The van der Waals surface area contributed by atoms with Crippen molar-refractivity contribution in [2.24, 2.45) is 11.8 Å². The average Bonchev–Trinajstić information content (AvgIpc) is 3.10. The number of nitrogens with zero attached hydrogens (tertiary/aromatic N) is 3. The third kappa shape index (κ3) is 3.74. The van der Waals surface area contributed by atoms with Crippen LogP contribution in [-0.4, -0.2) is 34.3 Å². The summed E-state index contributed by atoms with van der Waals surface area (Å²) in [5.74, 6) is 1.57. The zero-order valence-electron chi connectivity index (χ0n) is 14.9. The van der Waals surface area contributed by atoms with Crippen molar-refractivity contribution in [1.82, 2.24) is 14.7 Å². The fourth-order valence-corrected chi connectivity index (χ4v) is 4.89. The number of rotatable bonds is 4. The second-order valence-corrected chi connectivity index (χ2v) is 8.24. The van der Waals surface area contributed by atoms with E-state index in [1.165, 1.54) is 82.3 Å². The molecule has 2 heterocycles. The maximum absolute atomic E-state index is 12.3. The average molecular weight is 329 g/mol. The maximum Gasteiger partial charge on any atom is 0.267 e. The molecule has 4 rings (SSSR count). The lowest BCUT2D eigenvalue weighted by Crippen LogP contribution is -2.39. The monoisotopic (exact) mass is 329 g/mol. The van der Waals surface area contributed by atoms with Gasteiger partial charge in [-0.2, -0.15) is 5.10 Å². The SMILES string of the molecule is O=c1cc2c(nn1CC1CCN(CC3CCCC3)CC1)CCCC2. The van der Waals surface area contributed by atoms with Crippen molar-refractivity contribution in [2.75, 3.05) is 19.6 Å². The molecule has 0 spiro atoms. The van der Waals surface area contributed by atoms with Crippen molar-refractivity contribution in [1.29, 1.82) is 0 Å². The van der Waals surface area contributed by atoms with Crippen molar-refractivity contribution in [3.63, 3.8) is 0 Å². The Morgan fingerprint density at radius 2 is 1.62 bits per heavy atom. The van der Waals surface area contributed by atoms with Crippen LogP contribution in [0.4, 0.5) is 0 Å². The molecule has 1 aromatic rings. The molecule has 1 saturated heterocycles. The van der Waals surface area contributed by atoms with Crippen LogP contribution in [0.25, 0.3) is 0 Å². The fraction of sp³-hybridized carbons (Fsp3) is 0.800. The van der Waals surface area contributed by atoms with Gasteiger partial charge in [-0.3, -0.25) is 4.79 Å². The van der Waals surface area contributed by atoms with E-state index in [1.807, 2.05) is 6.07 Å². The van der Waals surface area contributed by atoms with E-state index in [0.717, 1.165) is 25.3 Å². The van der Waals surface area contributed by atoms with Crippen LogP contribution in [0.2, 0.25) is 0 Å². The molecule has 0 N–H and O–H groups in total. The van der Waals surface area contributed by atoms with Crippen molar-refractivity contribution < 1.29 is 0 Å². The largest absolute Gasteiger partial charge is 0.303 e. The van der Waals surface area contributed by atoms with Crippen molar-refractivity contribution in [2.45, 2.75) is 70.8 Å². The molecule has 132 valence electrons. The van der Waals surface area contributed by atoms with Crippen LogP contribution in [0.5, 0.6) is 0 Å². The number of likely N-dealkylation sites (tertiary alicyclic amines) is 1. The number of fused-ring (bicyclic) bond motifs is 1. The minimum absolute atomic E-state index is 0.115. The summed E-state index contributed by atoms with van der Waals surface area (Å²) in [7, 11) is 0. The first-order valence-corrected chi connectivity index (χ1v) is 10.1. The molecule has 0 atom stereocenters. The van der Waals surface area contributed by atoms with Gasteiger partial charge in [0.05, 0.1) is 5.69 Å². The minimum Gasteiger partial charge on any atom is -0.303 e. The van der Waals surface area contributed by atoms with E-state index >= 15 is 0 Å². The summed E-state index contributed by atoms with van der Waals surface area (Å²) in [5, 5.41) is 4.70. The zero-order chi connectivity index (χ0) is 16.4. The second kappa shape index (κ2) is 7.38. The Labute approximate surface area is 145 Å². The highest BCUT2D eigenvalue weighted by Gasteiger charge is 2.24. The Morgan fingerprint density at radius 1 is 0.917 bits per heavy atom. The van der Waals surface area contributed by atoms with Gasteiger partial charge in [-0.1, -0.05) is 12.8 Å². The molecular weight excluding hydrogens is 298 g/mol. The Kier molecular flexibility index (Phi) is 5.02. The number of aryl methyl sites for hydroxylation is 2. The van der Waals surface area contributed by atoms with Gasteiger partial charge >= 0.3 is 0 Å². The van der Waals surface area contributed by atoms with Crippen molar-refractivity contribution in [3.05, 3.63) is 27.7 Å². The number of aromatic nitrogens is 2. The molecular formula is C20H31N3O. The van der Waals surface area contributed by atoms with Gasteiger partial charge < -0.3 is 4.90 Å². The highest BCUT2D eigenvalue weighted by Crippen LogP contribution is 2.27. The summed E-state index contributed by atoms with van der Waals surface area (Å²) in [6, 6.07) is 1.86. The summed E-state index contributed by atoms with van der Waals surface area (Å²) in [6.07, 6.45) is 12.7. The molecule has 0 amide bonds. The lowest BCUT2D eigenvalue weighted by atomic mass is 9.95. The lowest BCUT2D eigenvalue weighted by molar-refractivity contribution is 0.149. The first kappa shape index (κ1) is 16.3. The van der Waals surface area contributed by atoms with Gasteiger partial charge in [0.25, 0.3) is 5.56 Å². The maximum atomic E-state index is 12.3. The van der Waals surface area contributed by atoms with Crippen LogP contribution in [-0.2, 0) is 19.4 Å². The van der Waals surface area contributed by atoms with E-state index in [-0.39, 0.29) is 5.56 Å². The highest BCUT2D eigenvalue weighted by atomic mass is 16.1. The van der Waals surface area contributed by atoms with Crippen LogP contribution in [0, 0.1) is 11.8 Å². The molecule has 1 saturated carbocycles. The van der Waals surface area contributed by atoms with Gasteiger partial charge in [0.2, 0.25) is 0 Å². The van der Waals surface area contributed by atoms with Crippen LogP contribution in [0.15, 0.2) is 10.9 Å². The fourth-order valence-electron chi connectivity index (χ4n) is 4.89. The first-order valence-electron chi connectivity index (χ1n) is 10.1. The Balaban J connectivity index is 1.33. The number of hydrogen-bond acceptors (Lipinski definition) is 3. The molecule has 3 aliphatic rings. The van der Waals surface area contributed by atoms with E-state index in [2.05, 4.69) is 4.90 Å². The third-order valence-corrected chi connectivity index (χ3v) is 6.40. The molecule has 1 aromatic heterocycles. The quantitative estimate of drug-likeness (QED) is 0.852. The zero-order valence-corrected chi connectivity index (χ0v) is 14.9. The lowest BCUT2D eigenvalue weighted by Gasteiger charge is -2.33. The molecule has 0 aromatic carbocycles. The molecule has 0 radical (unpaired) electrons. The van der Waals surface area contributed by atoms with Crippen LogP contribution in [0.3, 0.4) is 0 Å². The predicted molar refractivity (Wildman–Crippen MR) is 96.3 cm³/mol. The number of piperidine rings is 1. The van der Waals surface area contributed by atoms with Gasteiger partial charge in [-0.25, -0.2) is 4.68 Å². The molecule has 2 fully saturated rings. The van der Waals surface area contributed by atoms with E-state index < -0.39 is 0 Å². The molecule has 1 aliphatic heterocycles. The summed E-state index contributed by atoms with van der Waals surface area (Å²) < 4.78 is 1.77. The molecule has 2 aliphatic carbocycles. The summed E-state index contributed by atoms with van der Waals surface area (Å²) in [6.45, 7) is 4.55. The van der Waals surface area contributed by atoms with Gasteiger partial charge in [0.15, 0.2) is 0 Å².